The van der Waals surface area contributed by atoms with Gasteiger partial charge in [-0.05, 0) is 6.42 Å². The average molecular weight is 264 g/mol. The van der Waals surface area contributed by atoms with Crippen molar-refractivity contribution >= 4 is 17.4 Å². The number of anilines is 1. The molecular weight excluding hydrogens is 252 g/mol. The van der Waals surface area contributed by atoms with E-state index < -0.39 is 5.92 Å². The number of alkyl halides is 2. The first kappa shape index (κ1) is 12.3. The molecule has 17 heavy (non-hydrogen) atoms. The smallest absolute Gasteiger partial charge is 0.319 e. The van der Waals surface area contributed by atoms with Gasteiger partial charge < -0.3 is 9.64 Å². The molecule has 94 valence electrons. The van der Waals surface area contributed by atoms with Crippen molar-refractivity contribution < 1.29 is 13.5 Å². The molecule has 0 saturated carbocycles. The van der Waals surface area contributed by atoms with Crippen LogP contribution in [-0.4, -0.2) is 36.1 Å². The van der Waals surface area contributed by atoms with Crippen molar-refractivity contribution in [3.8, 4) is 6.01 Å². The van der Waals surface area contributed by atoms with Gasteiger partial charge in [0.25, 0.3) is 5.92 Å². The van der Waals surface area contributed by atoms with Gasteiger partial charge in [0.05, 0.1) is 13.7 Å². The molecule has 0 radical (unpaired) electrons. The summed E-state index contributed by atoms with van der Waals surface area (Å²) in [5, 5.41) is 0.181. The van der Waals surface area contributed by atoms with Gasteiger partial charge in [0.2, 0.25) is 0 Å². The third-order valence-corrected chi connectivity index (χ3v) is 2.75. The fourth-order valence-corrected chi connectivity index (χ4v) is 1.97. The van der Waals surface area contributed by atoms with Crippen LogP contribution in [0.25, 0.3) is 0 Å². The predicted molar refractivity (Wildman–Crippen MR) is 60.0 cm³/mol. The maximum Gasteiger partial charge on any atom is 0.319 e. The lowest BCUT2D eigenvalue weighted by Gasteiger charge is -2.33. The highest BCUT2D eigenvalue weighted by Gasteiger charge is 2.35. The first-order valence-corrected chi connectivity index (χ1v) is 5.59. The molecule has 1 aliphatic rings. The molecule has 1 saturated heterocycles. The zero-order valence-electron chi connectivity index (χ0n) is 9.29. The Labute approximate surface area is 103 Å². The Morgan fingerprint density at radius 1 is 1.47 bits per heavy atom. The number of hydrogen-bond donors (Lipinski definition) is 0. The minimum atomic E-state index is -2.68. The van der Waals surface area contributed by atoms with Crippen LogP contribution in [0.2, 0.25) is 5.15 Å². The Kier molecular flexibility index (Phi) is 3.33. The van der Waals surface area contributed by atoms with Gasteiger partial charge in [-0.3, -0.25) is 0 Å². The summed E-state index contributed by atoms with van der Waals surface area (Å²) in [6.07, 6.45) is 0.344. The Hall–Kier alpha value is -1.17. The van der Waals surface area contributed by atoms with Gasteiger partial charge >= 0.3 is 6.01 Å². The van der Waals surface area contributed by atoms with E-state index in [9.17, 15) is 8.78 Å². The lowest BCUT2D eigenvalue weighted by molar-refractivity contribution is -0.0118. The third kappa shape index (κ3) is 2.94. The molecule has 0 amide bonds. The van der Waals surface area contributed by atoms with Crippen molar-refractivity contribution in [3.63, 3.8) is 0 Å². The highest BCUT2D eigenvalue weighted by molar-refractivity contribution is 6.29. The molecule has 0 N–H and O–H groups in total. The molecule has 0 aliphatic carbocycles. The lowest BCUT2D eigenvalue weighted by atomic mass is 10.1. The van der Waals surface area contributed by atoms with E-state index in [1.165, 1.54) is 18.1 Å². The van der Waals surface area contributed by atoms with E-state index >= 15 is 0 Å². The minimum absolute atomic E-state index is 0.0839. The van der Waals surface area contributed by atoms with Crippen molar-refractivity contribution in [2.75, 3.05) is 25.1 Å². The number of aromatic nitrogens is 2. The number of methoxy groups -OCH3 is 1. The highest BCUT2D eigenvalue weighted by atomic mass is 35.5. The maximum absolute atomic E-state index is 13.3. The molecule has 1 aliphatic heterocycles. The molecule has 0 spiro atoms. The SMILES string of the molecule is COc1nc(Cl)cc(N2CCCC(F)(F)C2)n1. The van der Waals surface area contributed by atoms with Crippen LogP contribution in [0.1, 0.15) is 12.8 Å². The van der Waals surface area contributed by atoms with Crippen LogP contribution in [0.3, 0.4) is 0 Å². The molecule has 0 atom stereocenters. The Morgan fingerprint density at radius 3 is 2.88 bits per heavy atom. The van der Waals surface area contributed by atoms with Crippen molar-refractivity contribution in [2.24, 2.45) is 0 Å². The summed E-state index contributed by atoms with van der Waals surface area (Å²) in [6.45, 7) is 0.190. The van der Waals surface area contributed by atoms with Gasteiger partial charge in [0, 0.05) is 19.0 Å². The number of ether oxygens (including phenoxy) is 1. The third-order valence-electron chi connectivity index (χ3n) is 2.56. The van der Waals surface area contributed by atoms with Gasteiger partial charge in [0.15, 0.2) is 0 Å². The standard InChI is InChI=1S/C10H12ClF2N3O/c1-17-9-14-7(11)5-8(15-9)16-4-2-3-10(12,13)6-16/h5H,2-4,6H2,1H3. The molecule has 2 heterocycles. The molecular formula is C10H12ClF2N3O. The van der Waals surface area contributed by atoms with Gasteiger partial charge in [-0.15, -0.1) is 0 Å². The van der Waals surface area contributed by atoms with E-state index in [-0.39, 0.29) is 24.1 Å². The topological polar surface area (TPSA) is 38.2 Å². The van der Waals surface area contributed by atoms with Crippen LogP contribution in [-0.2, 0) is 0 Å². The Balaban J connectivity index is 2.24. The molecule has 1 aromatic rings. The molecule has 0 unspecified atom stereocenters. The highest BCUT2D eigenvalue weighted by Crippen LogP contribution is 2.30. The van der Waals surface area contributed by atoms with E-state index in [2.05, 4.69) is 9.97 Å². The molecule has 2 rings (SSSR count). The Bertz CT molecular complexity index is 417. The summed E-state index contributed by atoms with van der Waals surface area (Å²) in [7, 11) is 1.40. The van der Waals surface area contributed by atoms with Crippen LogP contribution in [0, 0.1) is 0 Å². The molecule has 0 aromatic carbocycles. The van der Waals surface area contributed by atoms with Crippen LogP contribution >= 0.6 is 11.6 Å². The quantitative estimate of drug-likeness (QED) is 0.768. The van der Waals surface area contributed by atoms with Gasteiger partial charge in [-0.1, -0.05) is 11.6 Å². The van der Waals surface area contributed by atoms with E-state index in [0.29, 0.717) is 18.8 Å². The second kappa shape index (κ2) is 4.60. The van der Waals surface area contributed by atoms with E-state index in [4.69, 9.17) is 16.3 Å². The Morgan fingerprint density at radius 2 is 2.24 bits per heavy atom. The van der Waals surface area contributed by atoms with Crippen molar-refractivity contribution in [3.05, 3.63) is 11.2 Å². The van der Waals surface area contributed by atoms with Crippen LogP contribution in [0.4, 0.5) is 14.6 Å². The van der Waals surface area contributed by atoms with Gasteiger partial charge in [-0.25, -0.2) is 8.78 Å². The largest absolute Gasteiger partial charge is 0.467 e. The van der Waals surface area contributed by atoms with Crippen molar-refractivity contribution in [1.82, 2.24) is 9.97 Å². The second-order valence-electron chi connectivity index (χ2n) is 3.92. The lowest BCUT2D eigenvalue weighted by Crippen LogP contribution is -2.43. The molecule has 1 aromatic heterocycles. The first-order chi connectivity index (χ1) is 8.00. The van der Waals surface area contributed by atoms with E-state index in [1.54, 1.807) is 0 Å². The second-order valence-corrected chi connectivity index (χ2v) is 4.30. The van der Waals surface area contributed by atoms with Crippen LogP contribution in [0.15, 0.2) is 6.07 Å². The summed E-state index contributed by atoms with van der Waals surface area (Å²) in [5.74, 6) is -2.30. The van der Waals surface area contributed by atoms with Gasteiger partial charge in [-0.2, -0.15) is 9.97 Å². The number of piperidine rings is 1. The molecule has 1 fully saturated rings. The average Bonchev–Trinajstić information content (AvgIpc) is 2.27. The summed E-state index contributed by atoms with van der Waals surface area (Å²) in [6, 6.07) is 1.55. The summed E-state index contributed by atoms with van der Waals surface area (Å²) in [5.41, 5.74) is 0. The minimum Gasteiger partial charge on any atom is -0.467 e. The fourth-order valence-electron chi connectivity index (χ4n) is 1.80. The van der Waals surface area contributed by atoms with E-state index in [1.807, 2.05) is 0 Å². The van der Waals surface area contributed by atoms with Gasteiger partial charge in [0.1, 0.15) is 11.0 Å². The molecule has 0 bridgehead atoms. The van der Waals surface area contributed by atoms with Crippen molar-refractivity contribution in [2.45, 2.75) is 18.8 Å². The monoisotopic (exact) mass is 263 g/mol. The summed E-state index contributed by atoms with van der Waals surface area (Å²) >= 11 is 5.77. The molecule has 4 nitrogen and oxygen atoms in total. The van der Waals surface area contributed by atoms with Crippen LogP contribution < -0.4 is 9.64 Å². The number of halogens is 3. The number of nitrogens with zero attached hydrogens (tertiary/aromatic N) is 3. The zero-order valence-corrected chi connectivity index (χ0v) is 10.0. The summed E-state index contributed by atoms with van der Waals surface area (Å²) in [4.78, 5) is 9.32. The van der Waals surface area contributed by atoms with Crippen LogP contribution in [0.5, 0.6) is 6.01 Å². The zero-order chi connectivity index (χ0) is 12.5. The number of hydrogen-bond acceptors (Lipinski definition) is 4. The normalized spacial score (nSPS) is 19.2. The number of rotatable bonds is 2. The van der Waals surface area contributed by atoms with Crippen molar-refractivity contribution in [1.29, 1.82) is 0 Å². The molecule has 7 heteroatoms. The predicted octanol–water partition coefficient (Wildman–Crippen LogP) is 2.37. The first-order valence-electron chi connectivity index (χ1n) is 5.21. The maximum atomic E-state index is 13.3. The summed E-state index contributed by atoms with van der Waals surface area (Å²) < 4.78 is 31.4. The van der Waals surface area contributed by atoms with E-state index in [0.717, 1.165) is 0 Å². The fraction of sp³-hybridized carbons (Fsp3) is 0.600.